The van der Waals surface area contributed by atoms with Crippen LogP contribution in [-0.2, 0) is 5.75 Å². The first-order valence-corrected chi connectivity index (χ1v) is 7.14. The van der Waals surface area contributed by atoms with Crippen molar-refractivity contribution < 1.29 is 4.52 Å². The number of hydrogen-bond donors (Lipinski definition) is 1. The molecule has 1 saturated carbocycles. The third kappa shape index (κ3) is 3.71. The van der Waals surface area contributed by atoms with Crippen molar-refractivity contribution in [3.63, 3.8) is 0 Å². The zero-order valence-electron chi connectivity index (χ0n) is 10.8. The van der Waals surface area contributed by atoms with E-state index in [0.29, 0.717) is 12.0 Å². The highest BCUT2D eigenvalue weighted by atomic mass is 32.2. The van der Waals surface area contributed by atoms with Gasteiger partial charge < -0.3 is 10.3 Å². The Morgan fingerprint density at radius 1 is 1.41 bits per heavy atom. The van der Waals surface area contributed by atoms with Crippen LogP contribution in [0, 0.1) is 0 Å². The van der Waals surface area contributed by atoms with Gasteiger partial charge in [0, 0.05) is 16.7 Å². The maximum Gasteiger partial charge on any atom is 0.229 e. The lowest BCUT2D eigenvalue weighted by molar-refractivity contribution is 0.350. The summed E-state index contributed by atoms with van der Waals surface area (Å²) in [6, 6.07) is 0.305. The molecule has 2 rings (SSSR count). The standard InChI is InChI=1S/C12H21N3OS/c1-12(2,3)17-7-10-14-11(16-15-10)8-4-5-9(13)6-8/h8-9H,4-7,13H2,1-3H3. The zero-order chi connectivity index (χ0) is 12.5. The van der Waals surface area contributed by atoms with E-state index in [4.69, 9.17) is 10.3 Å². The van der Waals surface area contributed by atoms with Gasteiger partial charge in [0.2, 0.25) is 5.89 Å². The molecule has 1 aromatic rings. The second kappa shape index (κ2) is 4.98. The third-order valence-corrected chi connectivity index (χ3v) is 4.21. The predicted molar refractivity (Wildman–Crippen MR) is 69.9 cm³/mol. The van der Waals surface area contributed by atoms with Crippen LogP contribution in [-0.4, -0.2) is 20.9 Å². The molecule has 0 amide bonds. The minimum atomic E-state index is 0.233. The van der Waals surface area contributed by atoms with Gasteiger partial charge >= 0.3 is 0 Å². The molecule has 1 aliphatic carbocycles. The van der Waals surface area contributed by atoms with Gasteiger partial charge in [0.25, 0.3) is 0 Å². The molecule has 0 aliphatic heterocycles. The monoisotopic (exact) mass is 255 g/mol. The third-order valence-electron chi connectivity index (χ3n) is 2.94. The summed E-state index contributed by atoms with van der Waals surface area (Å²) in [7, 11) is 0. The average molecular weight is 255 g/mol. The molecule has 0 saturated heterocycles. The maximum atomic E-state index is 5.89. The first kappa shape index (κ1) is 12.9. The lowest BCUT2D eigenvalue weighted by atomic mass is 10.1. The van der Waals surface area contributed by atoms with E-state index in [9.17, 15) is 0 Å². The van der Waals surface area contributed by atoms with Gasteiger partial charge in [-0.25, -0.2) is 0 Å². The van der Waals surface area contributed by atoms with E-state index < -0.39 is 0 Å². The predicted octanol–water partition coefficient (Wildman–Crippen LogP) is 2.70. The molecule has 1 aromatic heterocycles. The van der Waals surface area contributed by atoms with Crippen LogP contribution in [0.4, 0.5) is 0 Å². The van der Waals surface area contributed by atoms with E-state index in [2.05, 4.69) is 30.9 Å². The van der Waals surface area contributed by atoms with E-state index in [1.54, 1.807) is 0 Å². The summed E-state index contributed by atoms with van der Waals surface area (Å²) < 4.78 is 5.56. The fraction of sp³-hybridized carbons (Fsp3) is 0.833. The van der Waals surface area contributed by atoms with Crippen LogP contribution >= 0.6 is 11.8 Å². The summed E-state index contributed by atoms with van der Waals surface area (Å²) >= 11 is 1.83. The molecule has 0 radical (unpaired) electrons. The van der Waals surface area contributed by atoms with E-state index in [-0.39, 0.29) is 4.75 Å². The fourth-order valence-electron chi connectivity index (χ4n) is 2.01. The first-order chi connectivity index (χ1) is 7.94. The van der Waals surface area contributed by atoms with Crippen LogP contribution < -0.4 is 5.73 Å². The van der Waals surface area contributed by atoms with E-state index >= 15 is 0 Å². The summed E-state index contributed by atoms with van der Waals surface area (Å²) in [5, 5.41) is 4.04. The van der Waals surface area contributed by atoms with Crippen molar-refractivity contribution in [3.8, 4) is 0 Å². The number of rotatable bonds is 3. The Bertz CT molecular complexity index is 372. The number of nitrogens with zero attached hydrogens (tertiary/aromatic N) is 2. The van der Waals surface area contributed by atoms with Crippen molar-refractivity contribution in [1.82, 2.24) is 10.1 Å². The van der Waals surface area contributed by atoms with Crippen molar-refractivity contribution >= 4 is 11.8 Å². The molecule has 0 aromatic carbocycles. The summed E-state index contributed by atoms with van der Waals surface area (Å²) in [5.41, 5.74) is 5.89. The molecule has 2 atom stereocenters. The molecule has 1 heterocycles. The SMILES string of the molecule is CC(C)(C)SCc1noc(C2CCC(N)C2)n1. The second-order valence-corrected chi connectivity index (χ2v) is 7.52. The van der Waals surface area contributed by atoms with Crippen molar-refractivity contribution in [2.24, 2.45) is 5.73 Å². The van der Waals surface area contributed by atoms with Gasteiger partial charge in [-0.3, -0.25) is 0 Å². The Labute approximate surface area is 107 Å². The normalized spacial score (nSPS) is 25.4. The lowest BCUT2D eigenvalue weighted by Crippen LogP contribution is -2.14. The highest BCUT2D eigenvalue weighted by molar-refractivity contribution is 7.99. The summed E-state index contributed by atoms with van der Waals surface area (Å²) in [6.45, 7) is 6.57. The molecule has 2 unspecified atom stereocenters. The van der Waals surface area contributed by atoms with E-state index in [1.807, 2.05) is 11.8 Å². The minimum Gasteiger partial charge on any atom is -0.339 e. The van der Waals surface area contributed by atoms with E-state index in [0.717, 1.165) is 36.7 Å². The van der Waals surface area contributed by atoms with Gasteiger partial charge in [-0.05, 0) is 19.3 Å². The van der Waals surface area contributed by atoms with Crippen molar-refractivity contribution in [2.75, 3.05) is 0 Å². The van der Waals surface area contributed by atoms with Crippen molar-refractivity contribution in [3.05, 3.63) is 11.7 Å². The maximum absolute atomic E-state index is 5.89. The fourth-order valence-corrected chi connectivity index (χ4v) is 2.69. The van der Waals surface area contributed by atoms with Crippen LogP contribution in [0.15, 0.2) is 4.52 Å². The Morgan fingerprint density at radius 3 is 2.76 bits per heavy atom. The Balaban J connectivity index is 1.92. The second-order valence-electron chi connectivity index (χ2n) is 5.72. The molecule has 96 valence electrons. The smallest absolute Gasteiger partial charge is 0.229 e. The van der Waals surface area contributed by atoms with Gasteiger partial charge in [0.1, 0.15) is 0 Å². The number of aromatic nitrogens is 2. The Morgan fingerprint density at radius 2 is 2.18 bits per heavy atom. The summed E-state index contributed by atoms with van der Waals surface area (Å²) in [5.74, 6) is 2.78. The highest BCUT2D eigenvalue weighted by Crippen LogP contribution is 2.33. The van der Waals surface area contributed by atoms with Crippen LogP contribution in [0.5, 0.6) is 0 Å². The first-order valence-electron chi connectivity index (χ1n) is 6.16. The van der Waals surface area contributed by atoms with Gasteiger partial charge in [-0.2, -0.15) is 4.98 Å². The molecule has 17 heavy (non-hydrogen) atoms. The summed E-state index contributed by atoms with van der Waals surface area (Å²) in [6.07, 6.45) is 3.13. The van der Waals surface area contributed by atoms with Crippen LogP contribution in [0.25, 0.3) is 0 Å². The molecule has 2 N–H and O–H groups in total. The molecule has 5 heteroatoms. The lowest BCUT2D eigenvalue weighted by Gasteiger charge is -2.15. The molecule has 1 aliphatic rings. The molecule has 4 nitrogen and oxygen atoms in total. The van der Waals surface area contributed by atoms with E-state index in [1.165, 1.54) is 0 Å². The van der Waals surface area contributed by atoms with Gasteiger partial charge in [0.15, 0.2) is 5.82 Å². The molecule has 0 bridgehead atoms. The summed E-state index contributed by atoms with van der Waals surface area (Å²) in [4.78, 5) is 4.48. The minimum absolute atomic E-state index is 0.233. The molecular weight excluding hydrogens is 234 g/mol. The molecule has 0 spiro atoms. The quantitative estimate of drug-likeness (QED) is 0.899. The van der Waals surface area contributed by atoms with Crippen molar-refractivity contribution in [1.29, 1.82) is 0 Å². The van der Waals surface area contributed by atoms with Crippen LogP contribution in [0.1, 0.15) is 57.7 Å². The topological polar surface area (TPSA) is 64.9 Å². The Hall–Kier alpha value is -0.550. The van der Waals surface area contributed by atoms with Crippen LogP contribution in [0.3, 0.4) is 0 Å². The number of thioether (sulfide) groups is 1. The van der Waals surface area contributed by atoms with Gasteiger partial charge in [0.05, 0.1) is 5.75 Å². The molecule has 1 fully saturated rings. The van der Waals surface area contributed by atoms with Gasteiger partial charge in [-0.15, -0.1) is 11.8 Å². The number of hydrogen-bond acceptors (Lipinski definition) is 5. The molecular formula is C12H21N3OS. The highest BCUT2D eigenvalue weighted by Gasteiger charge is 2.27. The largest absolute Gasteiger partial charge is 0.339 e. The van der Waals surface area contributed by atoms with Crippen molar-refractivity contribution in [2.45, 2.75) is 62.5 Å². The zero-order valence-corrected chi connectivity index (χ0v) is 11.6. The average Bonchev–Trinajstić information content (AvgIpc) is 2.81. The number of nitrogens with two attached hydrogens (primary N) is 1. The Kier molecular flexibility index (Phi) is 3.78. The van der Waals surface area contributed by atoms with Gasteiger partial charge in [-0.1, -0.05) is 25.9 Å². The van der Waals surface area contributed by atoms with Crippen LogP contribution in [0.2, 0.25) is 0 Å².